The van der Waals surface area contributed by atoms with Gasteiger partial charge in [0.1, 0.15) is 5.01 Å². The molecule has 0 aliphatic carbocycles. The molecule has 1 N–H and O–H groups in total. The van der Waals surface area contributed by atoms with Gasteiger partial charge in [-0.25, -0.2) is 0 Å². The molecule has 0 radical (unpaired) electrons. The van der Waals surface area contributed by atoms with Gasteiger partial charge < -0.3 is 10.1 Å². The van der Waals surface area contributed by atoms with Crippen molar-refractivity contribution in [3.63, 3.8) is 0 Å². The van der Waals surface area contributed by atoms with Crippen molar-refractivity contribution in [3.05, 3.63) is 5.01 Å². The van der Waals surface area contributed by atoms with E-state index in [1.807, 2.05) is 14.0 Å². The Hall–Kier alpha value is -0.720. The molecule has 0 aliphatic rings. The lowest BCUT2D eigenvalue weighted by Crippen LogP contribution is -2.22. The lowest BCUT2D eigenvalue weighted by molar-refractivity contribution is 0.120. The largest absolute Gasteiger partial charge is 0.380 e. The van der Waals surface area contributed by atoms with Crippen molar-refractivity contribution in [2.45, 2.75) is 13.5 Å². The third-order valence-electron chi connectivity index (χ3n) is 1.91. The lowest BCUT2D eigenvalue weighted by atomic mass is 10.5. The summed E-state index contributed by atoms with van der Waals surface area (Å²) < 4.78 is 5.28. The van der Waals surface area contributed by atoms with Gasteiger partial charge in [0, 0.05) is 20.2 Å². The maximum Gasteiger partial charge on any atom is 0.205 e. The summed E-state index contributed by atoms with van der Waals surface area (Å²) in [6.07, 6.45) is 0. The van der Waals surface area contributed by atoms with Crippen LogP contribution in [0.2, 0.25) is 0 Å². The molecule has 5 nitrogen and oxygen atoms in total. The average molecular weight is 230 g/mol. The second-order valence-corrected chi connectivity index (χ2v) is 4.25. The Morgan fingerprint density at radius 1 is 1.47 bits per heavy atom. The molecular formula is C9H18N4OS. The fraction of sp³-hybridized carbons (Fsp3) is 0.778. The molecule has 0 unspecified atom stereocenters. The summed E-state index contributed by atoms with van der Waals surface area (Å²) in [6.45, 7) is 5.29. The van der Waals surface area contributed by atoms with E-state index in [1.54, 1.807) is 11.3 Å². The molecule has 0 saturated carbocycles. The van der Waals surface area contributed by atoms with Gasteiger partial charge in [-0.3, -0.25) is 4.90 Å². The van der Waals surface area contributed by atoms with E-state index in [4.69, 9.17) is 4.74 Å². The number of ether oxygens (including phenoxy) is 1. The van der Waals surface area contributed by atoms with Crippen molar-refractivity contribution in [1.29, 1.82) is 0 Å². The summed E-state index contributed by atoms with van der Waals surface area (Å²) in [5.41, 5.74) is 0. The molecule has 1 aromatic rings. The van der Waals surface area contributed by atoms with Crippen molar-refractivity contribution in [2.24, 2.45) is 0 Å². The highest BCUT2D eigenvalue weighted by Crippen LogP contribution is 2.15. The number of aromatic nitrogens is 2. The SMILES string of the molecule is CCOCCN(C)Cc1nnc(NC)s1. The van der Waals surface area contributed by atoms with Crippen LogP contribution in [-0.2, 0) is 11.3 Å². The second kappa shape index (κ2) is 6.71. The Morgan fingerprint density at radius 2 is 2.27 bits per heavy atom. The predicted molar refractivity (Wildman–Crippen MR) is 62.3 cm³/mol. The van der Waals surface area contributed by atoms with Crippen LogP contribution in [0.3, 0.4) is 0 Å². The van der Waals surface area contributed by atoms with Gasteiger partial charge >= 0.3 is 0 Å². The molecule has 0 spiro atoms. The highest BCUT2D eigenvalue weighted by Gasteiger charge is 2.05. The van der Waals surface area contributed by atoms with Gasteiger partial charge in [-0.1, -0.05) is 11.3 Å². The Labute approximate surface area is 94.5 Å². The van der Waals surface area contributed by atoms with Crippen LogP contribution in [0, 0.1) is 0 Å². The quantitative estimate of drug-likeness (QED) is 0.710. The number of nitrogens with zero attached hydrogens (tertiary/aromatic N) is 3. The van der Waals surface area contributed by atoms with Crippen LogP contribution in [0.25, 0.3) is 0 Å². The molecule has 0 aromatic carbocycles. The van der Waals surface area contributed by atoms with Gasteiger partial charge in [-0.15, -0.1) is 10.2 Å². The van der Waals surface area contributed by atoms with Crippen LogP contribution in [0.5, 0.6) is 0 Å². The molecule has 1 heterocycles. The number of likely N-dealkylation sites (N-methyl/N-ethyl adjacent to an activating group) is 1. The maximum atomic E-state index is 5.28. The number of hydrogen-bond acceptors (Lipinski definition) is 6. The molecule has 0 amide bonds. The first-order valence-corrected chi connectivity index (χ1v) is 5.84. The van der Waals surface area contributed by atoms with E-state index < -0.39 is 0 Å². The van der Waals surface area contributed by atoms with Crippen molar-refractivity contribution < 1.29 is 4.74 Å². The smallest absolute Gasteiger partial charge is 0.205 e. The van der Waals surface area contributed by atoms with Crippen molar-refractivity contribution in [1.82, 2.24) is 15.1 Å². The van der Waals surface area contributed by atoms with E-state index in [0.717, 1.165) is 36.4 Å². The topological polar surface area (TPSA) is 50.3 Å². The van der Waals surface area contributed by atoms with E-state index in [-0.39, 0.29) is 0 Å². The monoisotopic (exact) mass is 230 g/mol. The third kappa shape index (κ3) is 4.55. The molecule has 0 fully saturated rings. The number of nitrogens with one attached hydrogen (secondary N) is 1. The molecule has 86 valence electrons. The van der Waals surface area contributed by atoms with Crippen molar-refractivity contribution >= 4 is 16.5 Å². The highest BCUT2D eigenvalue weighted by molar-refractivity contribution is 7.15. The van der Waals surface area contributed by atoms with Crippen LogP contribution in [0.15, 0.2) is 0 Å². The zero-order chi connectivity index (χ0) is 11.1. The Kier molecular flexibility index (Phi) is 5.52. The van der Waals surface area contributed by atoms with Crippen LogP contribution in [0.4, 0.5) is 5.13 Å². The molecule has 1 rings (SSSR count). The number of hydrogen-bond donors (Lipinski definition) is 1. The normalized spacial score (nSPS) is 10.9. The van der Waals surface area contributed by atoms with Gasteiger partial charge in [-0.05, 0) is 14.0 Å². The van der Waals surface area contributed by atoms with Crippen LogP contribution in [-0.4, -0.2) is 49.0 Å². The molecule has 0 saturated heterocycles. The van der Waals surface area contributed by atoms with Crippen LogP contribution >= 0.6 is 11.3 Å². The third-order valence-corrected chi connectivity index (χ3v) is 2.83. The molecule has 0 bridgehead atoms. The van der Waals surface area contributed by atoms with Gasteiger partial charge in [0.05, 0.1) is 13.2 Å². The summed E-state index contributed by atoms with van der Waals surface area (Å²) in [6, 6.07) is 0. The first kappa shape index (κ1) is 12.4. The minimum absolute atomic E-state index is 0.769. The summed E-state index contributed by atoms with van der Waals surface area (Å²) in [5.74, 6) is 0. The molecule has 0 aliphatic heterocycles. The van der Waals surface area contributed by atoms with E-state index >= 15 is 0 Å². The standard InChI is InChI=1S/C9H18N4OS/c1-4-14-6-5-13(3)7-8-11-12-9(10-2)15-8/h4-7H2,1-3H3,(H,10,12). The summed E-state index contributed by atoms with van der Waals surface area (Å²) in [4.78, 5) is 2.18. The maximum absolute atomic E-state index is 5.28. The molecular weight excluding hydrogens is 212 g/mol. The van der Waals surface area contributed by atoms with E-state index in [2.05, 4.69) is 27.5 Å². The molecule has 15 heavy (non-hydrogen) atoms. The molecule has 1 aromatic heterocycles. The Balaban J connectivity index is 2.27. The fourth-order valence-corrected chi connectivity index (χ4v) is 1.87. The van der Waals surface area contributed by atoms with Crippen LogP contribution < -0.4 is 5.32 Å². The van der Waals surface area contributed by atoms with Gasteiger partial charge in [0.15, 0.2) is 0 Å². The van der Waals surface area contributed by atoms with E-state index in [0.29, 0.717) is 0 Å². The van der Waals surface area contributed by atoms with E-state index in [1.165, 1.54) is 0 Å². The van der Waals surface area contributed by atoms with Gasteiger partial charge in [0.2, 0.25) is 5.13 Å². The Morgan fingerprint density at radius 3 is 2.87 bits per heavy atom. The second-order valence-electron chi connectivity index (χ2n) is 3.19. The van der Waals surface area contributed by atoms with Crippen molar-refractivity contribution in [3.8, 4) is 0 Å². The zero-order valence-corrected chi connectivity index (χ0v) is 10.3. The number of anilines is 1. The predicted octanol–water partition coefficient (Wildman–Crippen LogP) is 1.05. The van der Waals surface area contributed by atoms with E-state index in [9.17, 15) is 0 Å². The number of rotatable bonds is 7. The average Bonchev–Trinajstić information content (AvgIpc) is 2.66. The fourth-order valence-electron chi connectivity index (χ4n) is 1.09. The first-order chi connectivity index (χ1) is 7.26. The minimum Gasteiger partial charge on any atom is -0.380 e. The zero-order valence-electron chi connectivity index (χ0n) is 9.49. The lowest BCUT2D eigenvalue weighted by Gasteiger charge is -2.13. The minimum atomic E-state index is 0.769. The van der Waals surface area contributed by atoms with Crippen LogP contribution in [0.1, 0.15) is 11.9 Å². The Bertz CT molecular complexity index is 279. The first-order valence-electron chi connectivity index (χ1n) is 5.02. The van der Waals surface area contributed by atoms with Gasteiger partial charge in [-0.2, -0.15) is 0 Å². The molecule has 6 heteroatoms. The molecule has 0 atom stereocenters. The van der Waals surface area contributed by atoms with Crippen molar-refractivity contribution in [2.75, 3.05) is 39.2 Å². The van der Waals surface area contributed by atoms with Gasteiger partial charge in [0.25, 0.3) is 0 Å². The summed E-state index contributed by atoms with van der Waals surface area (Å²) in [7, 11) is 3.91. The summed E-state index contributed by atoms with van der Waals surface area (Å²) >= 11 is 1.58. The highest BCUT2D eigenvalue weighted by atomic mass is 32.1. The summed E-state index contributed by atoms with van der Waals surface area (Å²) in [5, 5.41) is 12.9.